The minimum absolute atomic E-state index is 0.146. The Bertz CT molecular complexity index is 431. The topological polar surface area (TPSA) is 52.0 Å². The first-order chi connectivity index (χ1) is 6.68. The maximum Gasteiger partial charge on any atom is 0.302 e. The number of aryl methyl sites for hydroxylation is 1. The van der Waals surface area contributed by atoms with E-state index in [4.69, 9.17) is 0 Å². The van der Waals surface area contributed by atoms with Gasteiger partial charge in [-0.05, 0) is 32.8 Å². The zero-order valence-electron chi connectivity index (χ0n) is 9.07. The SMILES string of the molecule is CC(C)(C)n1cc(CCS(=O)(=O)F)cn1. The van der Waals surface area contributed by atoms with Crippen LogP contribution in [-0.4, -0.2) is 24.0 Å². The Kier molecular flexibility index (Phi) is 3.18. The van der Waals surface area contributed by atoms with E-state index in [1.54, 1.807) is 17.1 Å². The number of aromatic nitrogens is 2. The molecular weight excluding hydrogens is 219 g/mol. The number of hydrogen-bond donors (Lipinski definition) is 0. The van der Waals surface area contributed by atoms with Gasteiger partial charge in [0.2, 0.25) is 0 Å². The molecule has 0 atom stereocenters. The first-order valence-electron chi connectivity index (χ1n) is 4.65. The molecule has 86 valence electrons. The molecule has 0 aliphatic carbocycles. The van der Waals surface area contributed by atoms with E-state index < -0.39 is 16.0 Å². The van der Waals surface area contributed by atoms with Crippen molar-refractivity contribution < 1.29 is 12.3 Å². The third-order valence-corrected chi connectivity index (χ3v) is 2.65. The highest BCUT2D eigenvalue weighted by atomic mass is 32.3. The number of rotatable bonds is 3. The first kappa shape index (κ1) is 12.2. The molecule has 0 bridgehead atoms. The van der Waals surface area contributed by atoms with Gasteiger partial charge < -0.3 is 0 Å². The second-order valence-electron chi connectivity index (χ2n) is 4.46. The Morgan fingerprint density at radius 1 is 1.47 bits per heavy atom. The van der Waals surface area contributed by atoms with Gasteiger partial charge >= 0.3 is 10.2 Å². The lowest BCUT2D eigenvalue weighted by Gasteiger charge is -2.18. The summed E-state index contributed by atoms with van der Waals surface area (Å²) in [6.45, 7) is 5.95. The maximum atomic E-state index is 12.3. The summed E-state index contributed by atoms with van der Waals surface area (Å²) in [6.07, 6.45) is 3.47. The molecule has 0 saturated carbocycles. The molecule has 15 heavy (non-hydrogen) atoms. The van der Waals surface area contributed by atoms with Crippen molar-refractivity contribution in [2.45, 2.75) is 32.7 Å². The fourth-order valence-electron chi connectivity index (χ4n) is 1.10. The van der Waals surface area contributed by atoms with Gasteiger partial charge in [-0.1, -0.05) is 0 Å². The largest absolute Gasteiger partial charge is 0.302 e. The Hall–Kier alpha value is -0.910. The molecule has 1 rings (SSSR count). The third kappa shape index (κ3) is 3.99. The Morgan fingerprint density at radius 3 is 2.47 bits per heavy atom. The second kappa shape index (κ2) is 3.92. The lowest BCUT2D eigenvalue weighted by Crippen LogP contribution is -2.21. The lowest BCUT2D eigenvalue weighted by atomic mass is 10.1. The van der Waals surface area contributed by atoms with Crippen LogP contribution in [0.2, 0.25) is 0 Å². The van der Waals surface area contributed by atoms with Gasteiger partial charge in [0.05, 0.1) is 17.5 Å². The summed E-state index contributed by atoms with van der Waals surface area (Å²) >= 11 is 0. The van der Waals surface area contributed by atoms with Crippen LogP contribution in [0.1, 0.15) is 26.3 Å². The van der Waals surface area contributed by atoms with Gasteiger partial charge in [-0.2, -0.15) is 13.5 Å². The lowest BCUT2D eigenvalue weighted by molar-refractivity contribution is 0.355. The van der Waals surface area contributed by atoms with Crippen molar-refractivity contribution >= 4 is 10.2 Å². The van der Waals surface area contributed by atoms with Crippen molar-refractivity contribution in [2.75, 3.05) is 5.75 Å². The van der Waals surface area contributed by atoms with Crippen molar-refractivity contribution in [1.29, 1.82) is 0 Å². The van der Waals surface area contributed by atoms with E-state index in [1.165, 1.54) is 0 Å². The zero-order chi connectivity index (χ0) is 11.7. The van der Waals surface area contributed by atoms with Crippen LogP contribution < -0.4 is 0 Å². The molecule has 0 unspecified atom stereocenters. The molecule has 0 fully saturated rings. The minimum atomic E-state index is -4.39. The van der Waals surface area contributed by atoms with Crippen LogP contribution in [0.25, 0.3) is 0 Å². The van der Waals surface area contributed by atoms with Crippen molar-refractivity contribution in [3.05, 3.63) is 18.0 Å². The number of hydrogen-bond acceptors (Lipinski definition) is 3. The second-order valence-corrected chi connectivity index (χ2v) is 5.94. The van der Waals surface area contributed by atoms with Crippen molar-refractivity contribution in [1.82, 2.24) is 9.78 Å². The highest BCUT2D eigenvalue weighted by Gasteiger charge is 2.15. The average molecular weight is 234 g/mol. The van der Waals surface area contributed by atoms with Crippen LogP contribution in [0.5, 0.6) is 0 Å². The fourth-order valence-corrected chi connectivity index (χ4v) is 1.58. The van der Waals surface area contributed by atoms with E-state index in [0.29, 0.717) is 0 Å². The van der Waals surface area contributed by atoms with Crippen LogP contribution in [0, 0.1) is 0 Å². The van der Waals surface area contributed by atoms with Crippen LogP contribution in [-0.2, 0) is 22.2 Å². The highest BCUT2D eigenvalue weighted by molar-refractivity contribution is 7.86. The minimum Gasteiger partial charge on any atom is -0.267 e. The summed E-state index contributed by atoms with van der Waals surface area (Å²) < 4.78 is 34.6. The Balaban J connectivity index is 2.70. The molecule has 4 nitrogen and oxygen atoms in total. The smallest absolute Gasteiger partial charge is 0.267 e. The van der Waals surface area contributed by atoms with Gasteiger partial charge in [0, 0.05) is 6.20 Å². The summed E-state index contributed by atoms with van der Waals surface area (Å²) in [7, 11) is -4.39. The van der Waals surface area contributed by atoms with E-state index in [2.05, 4.69) is 5.10 Å². The van der Waals surface area contributed by atoms with Gasteiger partial charge in [0.15, 0.2) is 0 Å². The number of nitrogens with zero attached hydrogens (tertiary/aromatic N) is 2. The molecular formula is C9H15FN2O2S. The molecule has 0 saturated heterocycles. The van der Waals surface area contributed by atoms with Gasteiger partial charge in [-0.3, -0.25) is 4.68 Å². The monoisotopic (exact) mass is 234 g/mol. The molecule has 0 radical (unpaired) electrons. The third-order valence-electron chi connectivity index (χ3n) is 1.96. The van der Waals surface area contributed by atoms with Gasteiger partial charge in [0.1, 0.15) is 0 Å². The number of halogens is 1. The van der Waals surface area contributed by atoms with Crippen LogP contribution in [0.15, 0.2) is 12.4 Å². The van der Waals surface area contributed by atoms with Crippen LogP contribution in [0.3, 0.4) is 0 Å². The molecule has 0 aliphatic rings. The van der Waals surface area contributed by atoms with Gasteiger partial charge in [-0.15, -0.1) is 3.89 Å². The fraction of sp³-hybridized carbons (Fsp3) is 0.667. The normalized spacial score (nSPS) is 13.1. The summed E-state index contributed by atoms with van der Waals surface area (Å²) in [5, 5.41) is 4.09. The van der Waals surface area contributed by atoms with Crippen LogP contribution >= 0.6 is 0 Å². The molecule has 1 aromatic heterocycles. The predicted molar refractivity (Wildman–Crippen MR) is 55.8 cm³/mol. The summed E-state index contributed by atoms with van der Waals surface area (Å²) in [5.74, 6) is -0.483. The van der Waals surface area contributed by atoms with Crippen LogP contribution in [0.4, 0.5) is 3.89 Å². The molecule has 0 aliphatic heterocycles. The van der Waals surface area contributed by atoms with Crippen molar-refractivity contribution in [3.63, 3.8) is 0 Å². The standard InChI is InChI=1S/C9H15FN2O2S/c1-9(2,3)12-7-8(6-11-12)4-5-15(10,13)14/h6-7H,4-5H2,1-3H3. The Labute approximate surface area is 89.3 Å². The van der Waals surface area contributed by atoms with E-state index in [1.807, 2.05) is 20.8 Å². The van der Waals surface area contributed by atoms with E-state index in [9.17, 15) is 12.3 Å². The quantitative estimate of drug-likeness (QED) is 0.744. The van der Waals surface area contributed by atoms with E-state index in [-0.39, 0.29) is 12.0 Å². The molecule has 1 heterocycles. The highest BCUT2D eigenvalue weighted by Crippen LogP contribution is 2.13. The van der Waals surface area contributed by atoms with Crippen molar-refractivity contribution in [3.8, 4) is 0 Å². The van der Waals surface area contributed by atoms with E-state index >= 15 is 0 Å². The van der Waals surface area contributed by atoms with E-state index in [0.717, 1.165) is 5.56 Å². The molecule has 0 aromatic carbocycles. The maximum absolute atomic E-state index is 12.3. The zero-order valence-corrected chi connectivity index (χ0v) is 9.88. The first-order valence-corrected chi connectivity index (χ1v) is 6.20. The van der Waals surface area contributed by atoms with Gasteiger partial charge in [0.25, 0.3) is 0 Å². The molecule has 0 N–H and O–H groups in total. The average Bonchev–Trinajstić information content (AvgIpc) is 2.45. The molecule has 6 heteroatoms. The van der Waals surface area contributed by atoms with Gasteiger partial charge in [-0.25, -0.2) is 0 Å². The Morgan fingerprint density at radius 2 is 2.07 bits per heavy atom. The predicted octanol–water partition coefficient (Wildman–Crippen LogP) is 1.48. The van der Waals surface area contributed by atoms with Crippen molar-refractivity contribution in [2.24, 2.45) is 0 Å². The summed E-state index contributed by atoms with van der Waals surface area (Å²) in [6, 6.07) is 0. The molecule has 0 amide bonds. The molecule has 1 aromatic rings. The molecule has 0 spiro atoms. The summed E-state index contributed by atoms with van der Waals surface area (Å²) in [4.78, 5) is 0. The summed E-state index contributed by atoms with van der Waals surface area (Å²) in [5.41, 5.74) is 0.582.